The second-order valence-corrected chi connectivity index (χ2v) is 6.10. The fourth-order valence-corrected chi connectivity index (χ4v) is 2.31. The van der Waals surface area contributed by atoms with Gasteiger partial charge >= 0.3 is 5.97 Å². The van der Waals surface area contributed by atoms with Crippen molar-refractivity contribution >= 4 is 5.97 Å². The van der Waals surface area contributed by atoms with Gasteiger partial charge in [-0.3, -0.25) is 4.79 Å². The van der Waals surface area contributed by atoms with Crippen molar-refractivity contribution in [3.63, 3.8) is 0 Å². The molecule has 0 aliphatic heterocycles. The highest BCUT2D eigenvalue weighted by Crippen LogP contribution is 2.15. The van der Waals surface area contributed by atoms with E-state index in [4.69, 9.17) is 4.74 Å². The Morgan fingerprint density at radius 3 is 2.00 bits per heavy atom. The molecule has 0 aromatic carbocycles. The molecule has 0 saturated heterocycles. The van der Waals surface area contributed by atoms with Gasteiger partial charge in [0.05, 0.1) is 6.61 Å². The molecule has 1 atom stereocenters. The Morgan fingerprint density at radius 2 is 1.45 bits per heavy atom. The van der Waals surface area contributed by atoms with Gasteiger partial charge in [-0.05, 0) is 18.8 Å². The van der Waals surface area contributed by atoms with Crippen LogP contribution in [0.5, 0.6) is 0 Å². The average molecular weight is 284 g/mol. The molecule has 0 aromatic heterocycles. The van der Waals surface area contributed by atoms with Crippen LogP contribution in [-0.4, -0.2) is 12.6 Å². The summed E-state index contributed by atoms with van der Waals surface area (Å²) in [6.45, 7) is 7.24. The number of esters is 1. The van der Waals surface area contributed by atoms with E-state index in [-0.39, 0.29) is 5.97 Å². The van der Waals surface area contributed by atoms with E-state index in [1.807, 2.05) is 6.92 Å². The van der Waals surface area contributed by atoms with Crippen LogP contribution < -0.4 is 0 Å². The predicted molar refractivity (Wildman–Crippen MR) is 86.9 cm³/mol. The zero-order valence-electron chi connectivity index (χ0n) is 14.1. The molecule has 0 aromatic rings. The molecule has 120 valence electrons. The topological polar surface area (TPSA) is 26.3 Å². The SMILES string of the molecule is CCCOC(=O)CCCCCCCCCCC(C)CC. The first-order chi connectivity index (χ1) is 9.70. The Morgan fingerprint density at radius 1 is 0.900 bits per heavy atom. The Labute approximate surface area is 126 Å². The summed E-state index contributed by atoms with van der Waals surface area (Å²) >= 11 is 0. The van der Waals surface area contributed by atoms with Crippen molar-refractivity contribution in [3.05, 3.63) is 0 Å². The third-order valence-electron chi connectivity index (χ3n) is 3.99. The number of carbonyl (C=O) groups excluding carboxylic acids is 1. The molecule has 1 unspecified atom stereocenters. The number of hydrogen-bond donors (Lipinski definition) is 0. The normalized spacial score (nSPS) is 12.3. The van der Waals surface area contributed by atoms with E-state index in [9.17, 15) is 4.79 Å². The maximum atomic E-state index is 11.3. The Balaban J connectivity index is 3.11. The Bertz CT molecular complexity index is 213. The molecule has 20 heavy (non-hydrogen) atoms. The summed E-state index contributed by atoms with van der Waals surface area (Å²) in [5, 5.41) is 0. The van der Waals surface area contributed by atoms with Crippen LogP contribution >= 0.6 is 0 Å². The lowest BCUT2D eigenvalue weighted by atomic mass is 9.99. The number of carbonyl (C=O) groups is 1. The molecule has 2 heteroatoms. The first-order valence-corrected chi connectivity index (χ1v) is 8.86. The van der Waals surface area contributed by atoms with E-state index in [1.54, 1.807) is 0 Å². The summed E-state index contributed by atoms with van der Waals surface area (Å²) in [5.74, 6) is 0.888. The molecule has 0 fully saturated rings. The average Bonchev–Trinajstić information content (AvgIpc) is 2.46. The van der Waals surface area contributed by atoms with E-state index < -0.39 is 0 Å². The van der Waals surface area contributed by atoms with Crippen molar-refractivity contribution in [1.29, 1.82) is 0 Å². The quantitative estimate of drug-likeness (QED) is 0.294. The lowest BCUT2D eigenvalue weighted by molar-refractivity contribution is -0.143. The molecule has 0 saturated carbocycles. The maximum Gasteiger partial charge on any atom is 0.305 e. The smallest absolute Gasteiger partial charge is 0.305 e. The molecule has 2 nitrogen and oxygen atoms in total. The molecule has 0 heterocycles. The molecule has 0 spiro atoms. The van der Waals surface area contributed by atoms with Crippen LogP contribution in [0.1, 0.15) is 97.8 Å². The van der Waals surface area contributed by atoms with E-state index in [1.165, 1.54) is 57.8 Å². The molecule has 0 bridgehead atoms. The van der Waals surface area contributed by atoms with E-state index in [2.05, 4.69) is 13.8 Å². The second-order valence-electron chi connectivity index (χ2n) is 6.10. The van der Waals surface area contributed by atoms with Gasteiger partial charge in [0.15, 0.2) is 0 Å². The van der Waals surface area contributed by atoms with Gasteiger partial charge in [0.1, 0.15) is 0 Å². The monoisotopic (exact) mass is 284 g/mol. The van der Waals surface area contributed by atoms with E-state index >= 15 is 0 Å². The Hall–Kier alpha value is -0.530. The van der Waals surface area contributed by atoms with Crippen LogP contribution in [0.4, 0.5) is 0 Å². The van der Waals surface area contributed by atoms with Gasteiger partial charge in [0.2, 0.25) is 0 Å². The summed E-state index contributed by atoms with van der Waals surface area (Å²) in [7, 11) is 0. The molecule has 0 amide bonds. The summed E-state index contributed by atoms with van der Waals surface area (Å²) < 4.78 is 5.05. The van der Waals surface area contributed by atoms with Crippen molar-refractivity contribution in [2.45, 2.75) is 97.8 Å². The zero-order valence-corrected chi connectivity index (χ0v) is 14.1. The van der Waals surface area contributed by atoms with Gasteiger partial charge in [0, 0.05) is 6.42 Å². The van der Waals surface area contributed by atoms with Crippen molar-refractivity contribution in [2.75, 3.05) is 6.61 Å². The third kappa shape index (κ3) is 13.9. The van der Waals surface area contributed by atoms with E-state index in [0.717, 1.165) is 18.8 Å². The minimum Gasteiger partial charge on any atom is -0.466 e. The summed E-state index contributed by atoms with van der Waals surface area (Å²) in [4.78, 5) is 11.3. The van der Waals surface area contributed by atoms with Gasteiger partial charge in [-0.2, -0.15) is 0 Å². The highest BCUT2D eigenvalue weighted by molar-refractivity contribution is 5.69. The lowest BCUT2D eigenvalue weighted by Crippen LogP contribution is -2.04. The Kier molecular flexibility index (Phi) is 14.5. The molecule has 0 N–H and O–H groups in total. The summed E-state index contributed by atoms with van der Waals surface area (Å²) in [6.07, 6.45) is 14.6. The van der Waals surface area contributed by atoms with Crippen LogP contribution in [0, 0.1) is 5.92 Å². The molecule has 0 aliphatic carbocycles. The van der Waals surface area contributed by atoms with Crippen LogP contribution in [0.2, 0.25) is 0 Å². The van der Waals surface area contributed by atoms with Gasteiger partial charge in [0.25, 0.3) is 0 Å². The first-order valence-electron chi connectivity index (χ1n) is 8.86. The van der Waals surface area contributed by atoms with Crippen molar-refractivity contribution in [2.24, 2.45) is 5.92 Å². The van der Waals surface area contributed by atoms with Gasteiger partial charge in [-0.1, -0.05) is 78.6 Å². The van der Waals surface area contributed by atoms with Gasteiger partial charge in [-0.15, -0.1) is 0 Å². The number of hydrogen-bond acceptors (Lipinski definition) is 2. The molecular formula is C18H36O2. The first kappa shape index (κ1) is 19.5. The van der Waals surface area contributed by atoms with Crippen molar-refractivity contribution in [3.8, 4) is 0 Å². The maximum absolute atomic E-state index is 11.3. The second kappa shape index (κ2) is 14.9. The minimum absolute atomic E-state index is 0.0168. The predicted octanol–water partition coefficient (Wildman–Crippen LogP) is 5.89. The summed E-state index contributed by atoms with van der Waals surface area (Å²) in [5.41, 5.74) is 0. The summed E-state index contributed by atoms with van der Waals surface area (Å²) in [6, 6.07) is 0. The molecule has 0 radical (unpaired) electrons. The third-order valence-corrected chi connectivity index (χ3v) is 3.99. The molecule has 0 aliphatic rings. The standard InChI is InChI=1S/C18H36O2/c1-4-16-20-18(19)15-13-11-9-7-6-8-10-12-14-17(3)5-2/h17H,4-16H2,1-3H3. The number of unbranched alkanes of at least 4 members (excludes halogenated alkanes) is 7. The van der Waals surface area contributed by atoms with Crippen molar-refractivity contribution < 1.29 is 9.53 Å². The number of rotatable bonds is 14. The highest BCUT2D eigenvalue weighted by Gasteiger charge is 2.01. The van der Waals surface area contributed by atoms with Gasteiger partial charge < -0.3 is 4.74 Å². The molecular weight excluding hydrogens is 248 g/mol. The van der Waals surface area contributed by atoms with E-state index in [0.29, 0.717) is 13.0 Å². The van der Waals surface area contributed by atoms with Crippen LogP contribution in [0.25, 0.3) is 0 Å². The van der Waals surface area contributed by atoms with Crippen LogP contribution in [0.3, 0.4) is 0 Å². The molecule has 0 rings (SSSR count). The largest absolute Gasteiger partial charge is 0.466 e. The van der Waals surface area contributed by atoms with Crippen LogP contribution in [-0.2, 0) is 9.53 Å². The van der Waals surface area contributed by atoms with Crippen LogP contribution in [0.15, 0.2) is 0 Å². The zero-order chi connectivity index (χ0) is 15.1. The lowest BCUT2D eigenvalue weighted by Gasteiger charge is -2.07. The minimum atomic E-state index is -0.0168. The highest BCUT2D eigenvalue weighted by atomic mass is 16.5. The fraction of sp³-hybridized carbons (Fsp3) is 0.944. The fourth-order valence-electron chi connectivity index (χ4n) is 2.31. The van der Waals surface area contributed by atoms with Gasteiger partial charge in [-0.25, -0.2) is 0 Å². The van der Waals surface area contributed by atoms with Crippen molar-refractivity contribution in [1.82, 2.24) is 0 Å². The number of ether oxygens (including phenoxy) is 1.